The molecule has 0 aromatic rings. The molecule has 0 heterocycles. The van der Waals surface area contributed by atoms with Crippen LogP contribution < -0.4 is 0 Å². The van der Waals surface area contributed by atoms with Crippen molar-refractivity contribution in [2.45, 2.75) is 6.92 Å². The maximum atomic E-state index is 10.4. The van der Waals surface area contributed by atoms with Crippen LogP contribution in [-0.2, 0) is 13.8 Å². The van der Waals surface area contributed by atoms with Crippen molar-refractivity contribution in [3.8, 4) is 0 Å². The Kier molecular flexibility index (Phi) is 4.18. The van der Waals surface area contributed by atoms with E-state index in [0.717, 1.165) is 7.11 Å². The monoisotopic (exact) mass is 151 g/mol. The van der Waals surface area contributed by atoms with Crippen LogP contribution in [0.1, 0.15) is 6.92 Å². The second-order valence-electron chi connectivity index (χ2n) is 1.14. The minimum absolute atomic E-state index is 0.254. The first-order chi connectivity index (χ1) is 4.22. The van der Waals surface area contributed by atoms with Crippen molar-refractivity contribution in [3.05, 3.63) is 0 Å². The summed E-state index contributed by atoms with van der Waals surface area (Å²) in [5.74, 6) is 0. The van der Waals surface area contributed by atoms with Crippen molar-refractivity contribution in [3.63, 3.8) is 0 Å². The molecule has 0 N–H and O–H groups in total. The summed E-state index contributed by atoms with van der Waals surface area (Å²) in [4.78, 5) is 10.3. The number of carbonyl (C=O) groups is 1. The lowest BCUT2D eigenvalue weighted by Crippen LogP contribution is -1.92. The third kappa shape index (κ3) is 3.16. The highest BCUT2D eigenvalue weighted by atomic mass is 31.1. The molecule has 0 aliphatic carbocycles. The smallest absolute Gasteiger partial charge is 0.429 e. The van der Waals surface area contributed by atoms with Crippen LogP contribution in [0.25, 0.3) is 0 Å². The molecule has 0 spiro atoms. The van der Waals surface area contributed by atoms with E-state index in [-0.39, 0.29) is 6.61 Å². The summed E-state index contributed by atoms with van der Waals surface area (Å²) in [5.41, 5.74) is -0.813. The Hall–Kier alpha value is -0.470. The lowest BCUT2D eigenvalue weighted by atomic mass is 10.9. The molecule has 5 heteroatoms. The molecule has 0 aliphatic heterocycles. The quantitative estimate of drug-likeness (QED) is 0.574. The lowest BCUT2D eigenvalue weighted by molar-refractivity contribution is 0.192. The molecule has 0 aliphatic rings. The molecule has 9 heavy (non-hydrogen) atoms. The van der Waals surface area contributed by atoms with Crippen molar-refractivity contribution in [1.29, 1.82) is 0 Å². The van der Waals surface area contributed by atoms with Crippen LogP contribution in [-0.4, -0.2) is 19.4 Å². The van der Waals surface area contributed by atoms with E-state index < -0.39 is 13.7 Å². The van der Waals surface area contributed by atoms with Crippen LogP contribution in [0.3, 0.4) is 0 Å². The summed E-state index contributed by atoms with van der Waals surface area (Å²) >= 11 is 0. The molecule has 0 aromatic carbocycles. The van der Waals surface area contributed by atoms with Gasteiger partial charge in [-0.15, -0.1) is 4.52 Å². The fraction of sp³-hybridized carbons (Fsp3) is 0.750. The summed E-state index contributed by atoms with van der Waals surface area (Å²) in [6.07, 6.45) is 0. The third-order valence-electron chi connectivity index (χ3n) is 0.570. The zero-order valence-electron chi connectivity index (χ0n) is 5.29. The van der Waals surface area contributed by atoms with Crippen LogP contribution in [0.5, 0.6) is 0 Å². The standard InChI is InChI=1S/C4H8O4P/c1-3-8-9(6)4(5)7-2/h3H2,1-2H3/q+1. The van der Waals surface area contributed by atoms with E-state index in [0.29, 0.717) is 0 Å². The molecule has 1 atom stereocenters. The minimum Gasteiger partial charge on any atom is -0.429 e. The van der Waals surface area contributed by atoms with Gasteiger partial charge in [0.2, 0.25) is 0 Å². The second kappa shape index (κ2) is 4.41. The molecule has 0 rings (SSSR count). The first kappa shape index (κ1) is 8.53. The highest BCUT2D eigenvalue weighted by molar-refractivity contribution is 7.58. The van der Waals surface area contributed by atoms with Gasteiger partial charge in [-0.05, 0) is 11.5 Å². The normalized spacial score (nSPS) is 10.7. The highest BCUT2D eigenvalue weighted by Gasteiger charge is 2.31. The third-order valence-corrected chi connectivity index (χ3v) is 1.54. The molecule has 0 saturated carbocycles. The fourth-order valence-electron chi connectivity index (χ4n) is 0.244. The maximum absolute atomic E-state index is 10.4. The van der Waals surface area contributed by atoms with Crippen LogP contribution >= 0.6 is 8.03 Å². The van der Waals surface area contributed by atoms with E-state index in [1.54, 1.807) is 6.92 Å². The van der Waals surface area contributed by atoms with Gasteiger partial charge in [0.05, 0.1) is 7.11 Å². The minimum atomic E-state index is -2.25. The van der Waals surface area contributed by atoms with Crippen molar-refractivity contribution < 1.29 is 18.6 Å². The Labute approximate surface area is 54.0 Å². The molecular formula is C4H8O4P+. The molecule has 0 bridgehead atoms. The molecule has 0 radical (unpaired) electrons. The van der Waals surface area contributed by atoms with Crippen molar-refractivity contribution in [1.82, 2.24) is 0 Å². The molecule has 1 unspecified atom stereocenters. The van der Waals surface area contributed by atoms with Gasteiger partial charge in [0.25, 0.3) is 0 Å². The van der Waals surface area contributed by atoms with E-state index in [2.05, 4.69) is 9.26 Å². The van der Waals surface area contributed by atoms with Crippen molar-refractivity contribution >= 4 is 13.7 Å². The largest absolute Gasteiger partial charge is 0.636 e. The van der Waals surface area contributed by atoms with Gasteiger partial charge in [0, 0.05) is 0 Å². The van der Waals surface area contributed by atoms with E-state index >= 15 is 0 Å². The average molecular weight is 151 g/mol. The second-order valence-corrected chi connectivity index (χ2v) is 2.28. The Bertz CT molecular complexity index is 122. The van der Waals surface area contributed by atoms with E-state index in [4.69, 9.17) is 0 Å². The molecular weight excluding hydrogens is 143 g/mol. The molecule has 0 fully saturated rings. The van der Waals surface area contributed by atoms with Gasteiger partial charge in [0.15, 0.2) is 0 Å². The van der Waals surface area contributed by atoms with Crippen molar-refractivity contribution in [2.75, 3.05) is 13.7 Å². The predicted octanol–water partition coefficient (Wildman–Crippen LogP) is 1.53. The number of hydrogen-bond donors (Lipinski definition) is 0. The van der Waals surface area contributed by atoms with Gasteiger partial charge >= 0.3 is 13.7 Å². The van der Waals surface area contributed by atoms with Crippen LogP contribution in [0.2, 0.25) is 0 Å². The fourth-order valence-corrected chi connectivity index (χ4v) is 0.733. The zero-order valence-corrected chi connectivity index (χ0v) is 6.18. The summed E-state index contributed by atoms with van der Waals surface area (Å²) in [6, 6.07) is 0. The van der Waals surface area contributed by atoms with Gasteiger partial charge in [-0.1, -0.05) is 0 Å². The topological polar surface area (TPSA) is 52.6 Å². The lowest BCUT2D eigenvalue weighted by Gasteiger charge is -1.81. The van der Waals surface area contributed by atoms with Gasteiger partial charge in [0.1, 0.15) is 6.61 Å². The predicted molar refractivity (Wildman–Crippen MR) is 31.6 cm³/mol. The Balaban J connectivity index is 3.60. The Morgan fingerprint density at radius 3 is 2.56 bits per heavy atom. The maximum Gasteiger partial charge on any atom is 0.636 e. The number of ether oxygens (including phenoxy) is 1. The zero-order chi connectivity index (χ0) is 7.28. The molecule has 0 aromatic heterocycles. The summed E-state index contributed by atoms with van der Waals surface area (Å²) in [6.45, 7) is 1.90. The molecule has 52 valence electrons. The Morgan fingerprint density at radius 1 is 1.67 bits per heavy atom. The number of rotatable bonds is 3. The van der Waals surface area contributed by atoms with Gasteiger partial charge in [-0.25, -0.2) is 0 Å². The number of hydrogen-bond acceptors (Lipinski definition) is 4. The van der Waals surface area contributed by atoms with E-state index in [1.807, 2.05) is 0 Å². The first-order valence-electron chi connectivity index (χ1n) is 2.40. The number of methoxy groups -OCH3 is 1. The summed E-state index contributed by atoms with van der Waals surface area (Å²) in [7, 11) is -1.09. The average Bonchev–Trinajstić information content (AvgIpc) is 1.87. The van der Waals surface area contributed by atoms with Crippen molar-refractivity contribution in [2.24, 2.45) is 0 Å². The number of carbonyl (C=O) groups excluding carboxylic acids is 1. The summed E-state index contributed by atoms with van der Waals surface area (Å²) < 4.78 is 19.0. The van der Waals surface area contributed by atoms with E-state index in [9.17, 15) is 9.36 Å². The molecule has 0 saturated heterocycles. The van der Waals surface area contributed by atoms with Crippen LogP contribution in [0.4, 0.5) is 4.79 Å². The van der Waals surface area contributed by atoms with Gasteiger partial charge < -0.3 is 4.74 Å². The molecule has 0 amide bonds. The summed E-state index contributed by atoms with van der Waals surface area (Å²) in [5, 5.41) is 0. The molecule has 4 nitrogen and oxygen atoms in total. The van der Waals surface area contributed by atoms with E-state index in [1.165, 1.54) is 0 Å². The SMILES string of the molecule is CCO[P+](=O)C(=O)OC. The van der Waals surface area contributed by atoms with Gasteiger partial charge in [-0.2, -0.15) is 4.79 Å². The first-order valence-corrected chi connectivity index (χ1v) is 3.58. The highest BCUT2D eigenvalue weighted by Crippen LogP contribution is 2.23. The Morgan fingerprint density at radius 2 is 2.22 bits per heavy atom. The van der Waals surface area contributed by atoms with Gasteiger partial charge in [-0.3, -0.25) is 0 Å². The van der Waals surface area contributed by atoms with Crippen LogP contribution in [0.15, 0.2) is 0 Å². The van der Waals surface area contributed by atoms with Crippen LogP contribution in [0, 0.1) is 0 Å².